The van der Waals surface area contributed by atoms with Crippen molar-refractivity contribution < 1.29 is 19.1 Å². The molecule has 0 aromatic rings. The largest absolute Gasteiger partial charge is 0.344 e. The molecule has 0 atom stereocenters. The zero-order valence-corrected chi connectivity index (χ0v) is 8.74. The van der Waals surface area contributed by atoms with E-state index in [1.54, 1.807) is 0 Å². The second-order valence-corrected chi connectivity index (χ2v) is 3.92. The van der Waals surface area contributed by atoms with Gasteiger partial charge >= 0.3 is 0 Å². The third-order valence-electron chi connectivity index (χ3n) is 2.67. The normalized spacial score (nSPS) is 24.3. The number of hydrogen-bond acceptors (Lipinski definition) is 4. The van der Waals surface area contributed by atoms with Gasteiger partial charge in [-0.1, -0.05) is 12.8 Å². The van der Waals surface area contributed by atoms with Gasteiger partial charge in [0.25, 0.3) is 5.91 Å². The summed E-state index contributed by atoms with van der Waals surface area (Å²) in [6, 6.07) is 0. The van der Waals surface area contributed by atoms with Gasteiger partial charge in [-0.15, -0.1) is 0 Å². The zero-order valence-electron chi connectivity index (χ0n) is 8.74. The van der Waals surface area contributed by atoms with E-state index in [0.717, 1.165) is 19.3 Å². The molecule has 1 aliphatic heterocycles. The lowest BCUT2D eigenvalue weighted by atomic mass is 10.3. The minimum Gasteiger partial charge on any atom is -0.344 e. The number of amides is 1. The van der Waals surface area contributed by atoms with Gasteiger partial charge in [-0.25, -0.2) is 5.48 Å². The summed E-state index contributed by atoms with van der Waals surface area (Å²) in [7, 11) is 0. The second kappa shape index (κ2) is 5.44. The molecule has 2 rings (SSSR count). The first-order valence-electron chi connectivity index (χ1n) is 5.55. The SMILES string of the molecule is O=C(NOC1CCCC1)C1OCCCO1. The van der Waals surface area contributed by atoms with Crippen molar-refractivity contribution in [1.29, 1.82) is 0 Å². The van der Waals surface area contributed by atoms with Crippen LogP contribution in [0.3, 0.4) is 0 Å². The molecule has 1 N–H and O–H groups in total. The molecule has 0 aromatic heterocycles. The van der Waals surface area contributed by atoms with Gasteiger partial charge in [0.15, 0.2) is 0 Å². The Balaban J connectivity index is 1.66. The lowest BCUT2D eigenvalue weighted by molar-refractivity contribution is -0.201. The highest BCUT2D eigenvalue weighted by Gasteiger charge is 2.24. The molecule has 1 saturated heterocycles. The van der Waals surface area contributed by atoms with Crippen LogP contribution in [0.5, 0.6) is 0 Å². The molecule has 86 valence electrons. The van der Waals surface area contributed by atoms with E-state index in [2.05, 4.69) is 5.48 Å². The topological polar surface area (TPSA) is 56.8 Å². The lowest BCUT2D eigenvalue weighted by Crippen LogP contribution is -2.42. The maximum Gasteiger partial charge on any atom is 0.300 e. The lowest BCUT2D eigenvalue weighted by Gasteiger charge is -2.22. The number of nitrogens with one attached hydrogen (secondary N) is 1. The van der Waals surface area contributed by atoms with Gasteiger partial charge in [0.2, 0.25) is 6.29 Å². The molecular formula is C10H17NO4. The van der Waals surface area contributed by atoms with Crippen molar-refractivity contribution in [3.8, 4) is 0 Å². The Hall–Kier alpha value is -0.650. The maximum atomic E-state index is 11.5. The average molecular weight is 215 g/mol. The van der Waals surface area contributed by atoms with Gasteiger partial charge in [-0.3, -0.25) is 9.63 Å². The molecule has 1 saturated carbocycles. The number of carbonyl (C=O) groups is 1. The molecule has 0 unspecified atom stereocenters. The molecule has 15 heavy (non-hydrogen) atoms. The van der Waals surface area contributed by atoms with Crippen LogP contribution in [0, 0.1) is 0 Å². The van der Waals surface area contributed by atoms with Gasteiger partial charge in [-0.2, -0.15) is 0 Å². The van der Waals surface area contributed by atoms with Crippen LogP contribution in [-0.2, 0) is 19.1 Å². The van der Waals surface area contributed by atoms with E-state index in [1.807, 2.05) is 0 Å². The molecule has 5 nitrogen and oxygen atoms in total. The average Bonchev–Trinajstić information content (AvgIpc) is 2.80. The van der Waals surface area contributed by atoms with Gasteiger partial charge in [-0.05, 0) is 19.3 Å². The summed E-state index contributed by atoms with van der Waals surface area (Å²) in [4.78, 5) is 16.7. The van der Waals surface area contributed by atoms with E-state index in [4.69, 9.17) is 14.3 Å². The molecule has 5 heteroatoms. The Morgan fingerprint density at radius 3 is 2.47 bits per heavy atom. The van der Waals surface area contributed by atoms with Crippen molar-refractivity contribution in [2.75, 3.05) is 13.2 Å². The monoisotopic (exact) mass is 215 g/mol. The molecule has 2 fully saturated rings. The van der Waals surface area contributed by atoms with Crippen LogP contribution >= 0.6 is 0 Å². The number of hydrogen-bond donors (Lipinski definition) is 1. The quantitative estimate of drug-likeness (QED) is 0.705. The summed E-state index contributed by atoms with van der Waals surface area (Å²) >= 11 is 0. The molecule has 2 aliphatic rings. The van der Waals surface area contributed by atoms with Crippen LogP contribution in [0.25, 0.3) is 0 Å². The minimum absolute atomic E-state index is 0.164. The first kappa shape index (κ1) is 10.9. The summed E-state index contributed by atoms with van der Waals surface area (Å²) in [6.07, 6.45) is 4.61. The Kier molecular flexibility index (Phi) is 3.94. The fourth-order valence-corrected chi connectivity index (χ4v) is 1.83. The number of hydroxylamine groups is 1. The highest BCUT2D eigenvalue weighted by atomic mass is 16.7. The fourth-order valence-electron chi connectivity index (χ4n) is 1.83. The van der Waals surface area contributed by atoms with Crippen molar-refractivity contribution in [2.45, 2.75) is 44.5 Å². The molecule has 1 heterocycles. The van der Waals surface area contributed by atoms with Gasteiger partial charge < -0.3 is 9.47 Å². The molecule has 0 radical (unpaired) electrons. The third-order valence-corrected chi connectivity index (χ3v) is 2.67. The standard InChI is InChI=1S/C10H17NO4/c12-9(10-13-6-3-7-14-10)11-15-8-4-1-2-5-8/h8,10H,1-7H2,(H,11,12). The Labute approximate surface area is 89.0 Å². The van der Waals surface area contributed by atoms with Gasteiger partial charge in [0, 0.05) is 0 Å². The summed E-state index contributed by atoms with van der Waals surface area (Å²) in [5.41, 5.74) is 2.41. The van der Waals surface area contributed by atoms with Crippen LogP contribution in [0.15, 0.2) is 0 Å². The highest BCUT2D eigenvalue weighted by Crippen LogP contribution is 2.19. The molecule has 0 bridgehead atoms. The zero-order chi connectivity index (χ0) is 10.5. The Bertz CT molecular complexity index is 209. The summed E-state index contributed by atoms with van der Waals surface area (Å²) in [5.74, 6) is -0.332. The third kappa shape index (κ3) is 3.15. The summed E-state index contributed by atoms with van der Waals surface area (Å²) in [6.45, 7) is 1.14. The van der Waals surface area contributed by atoms with Crippen molar-refractivity contribution in [2.24, 2.45) is 0 Å². The van der Waals surface area contributed by atoms with E-state index in [0.29, 0.717) is 13.2 Å². The van der Waals surface area contributed by atoms with E-state index in [9.17, 15) is 4.79 Å². The Morgan fingerprint density at radius 2 is 1.80 bits per heavy atom. The Morgan fingerprint density at radius 1 is 1.13 bits per heavy atom. The smallest absolute Gasteiger partial charge is 0.300 e. The van der Waals surface area contributed by atoms with Crippen molar-refractivity contribution in [3.05, 3.63) is 0 Å². The second-order valence-electron chi connectivity index (χ2n) is 3.92. The predicted octanol–water partition coefficient (Wildman–Crippen LogP) is 0.740. The van der Waals surface area contributed by atoms with Crippen LogP contribution in [-0.4, -0.2) is 31.5 Å². The number of carbonyl (C=O) groups excluding carboxylic acids is 1. The van der Waals surface area contributed by atoms with Crippen molar-refractivity contribution in [3.63, 3.8) is 0 Å². The van der Waals surface area contributed by atoms with Crippen molar-refractivity contribution >= 4 is 5.91 Å². The summed E-state index contributed by atoms with van der Waals surface area (Å²) in [5, 5.41) is 0. The van der Waals surface area contributed by atoms with Crippen LogP contribution in [0.2, 0.25) is 0 Å². The molecule has 0 spiro atoms. The molecule has 1 amide bonds. The fraction of sp³-hybridized carbons (Fsp3) is 0.900. The van der Waals surface area contributed by atoms with E-state index in [1.165, 1.54) is 12.8 Å². The number of rotatable bonds is 3. The van der Waals surface area contributed by atoms with E-state index < -0.39 is 6.29 Å². The van der Waals surface area contributed by atoms with Gasteiger partial charge in [0.1, 0.15) is 0 Å². The van der Waals surface area contributed by atoms with Crippen LogP contribution in [0.1, 0.15) is 32.1 Å². The van der Waals surface area contributed by atoms with E-state index in [-0.39, 0.29) is 12.0 Å². The first-order valence-corrected chi connectivity index (χ1v) is 5.55. The van der Waals surface area contributed by atoms with Crippen LogP contribution in [0.4, 0.5) is 0 Å². The number of ether oxygens (including phenoxy) is 2. The van der Waals surface area contributed by atoms with E-state index >= 15 is 0 Å². The van der Waals surface area contributed by atoms with Crippen molar-refractivity contribution in [1.82, 2.24) is 5.48 Å². The summed E-state index contributed by atoms with van der Waals surface area (Å²) < 4.78 is 10.3. The molecule has 1 aliphatic carbocycles. The van der Waals surface area contributed by atoms with Gasteiger partial charge in [0.05, 0.1) is 19.3 Å². The molecular weight excluding hydrogens is 198 g/mol. The minimum atomic E-state index is -0.792. The highest BCUT2D eigenvalue weighted by molar-refractivity contribution is 5.78. The first-order chi connectivity index (χ1) is 7.36. The maximum absolute atomic E-state index is 11.5. The van der Waals surface area contributed by atoms with Crippen LogP contribution < -0.4 is 5.48 Å². The molecule has 0 aromatic carbocycles. The predicted molar refractivity (Wildman–Crippen MR) is 51.8 cm³/mol.